The van der Waals surface area contributed by atoms with E-state index in [0.717, 1.165) is 43.7 Å². The van der Waals surface area contributed by atoms with Gasteiger partial charge in [0.1, 0.15) is 5.82 Å². The Bertz CT molecular complexity index is 487. The summed E-state index contributed by atoms with van der Waals surface area (Å²) in [5.41, 5.74) is 8.37. The van der Waals surface area contributed by atoms with Gasteiger partial charge < -0.3 is 10.6 Å². The summed E-state index contributed by atoms with van der Waals surface area (Å²) < 4.78 is 13.6. The molecule has 1 aliphatic rings. The molecule has 118 valence electrons. The third kappa shape index (κ3) is 3.74. The summed E-state index contributed by atoms with van der Waals surface area (Å²) in [6.45, 7) is 9.51. The van der Waals surface area contributed by atoms with Gasteiger partial charge in [-0.1, -0.05) is 6.92 Å². The second kappa shape index (κ2) is 6.32. The van der Waals surface area contributed by atoms with E-state index < -0.39 is 0 Å². The molecule has 1 unspecified atom stereocenters. The highest BCUT2D eigenvalue weighted by Crippen LogP contribution is 2.28. The molecule has 21 heavy (non-hydrogen) atoms. The van der Waals surface area contributed by atoms with Gasteiger partial charge in [-0.3, -0.25) is 4.90 Å². The Hall–Kier alpha value is -1.13. The lowest BCUT2D eigenvalue weighted by molar-refractivity contribution is 0.139. The molecule has 1 atom stereocenters. The molecule has 0 spiro atoms. The Balaban J connectivity index is 2.26. The van der Waals surface area contributed by atoms with Crippen molar-refractivity contribution in [2.75, 3.05) is 31.6 Å². The average molecular weight is 293 g/mol. The molecular formula is C17H28FN3. The van der Waals surface area contributed by atoms with Gasteiger partial charge in [0.2, 0.25) is 0 Å². The van der Waals surface area contributed by atoms with Gasteiger partial charge in [0.15, 0.2) is 0 Å². The molecule has 2 rings (SSSR count). The van der Waals surface area contributed by atoms with Crippen molar-refractivity contribution in [1.29, 1.82) is 0 Å². The molecular weight excluding hydrogens is 265 g/mol. The van der Waals surface area contributed by atoms with Gasteiger partial charge >= 0.3 is 0 Å². The summed E-state index contributed by atoms with van der Waals surface area (Å²) in [5.74, 6) is -0.176. The molecule has 1 aromatic rings. The molecule has 0 radical (unpaired) electrons. The number of likely N-dealkylation sites (N-methyl/N-ethyl adjacent to an activating group) is 1. The zero-order chi connectivity index (χ0) is 15.6. The van der Waals surface area contributed by atoms with Crippen molar-refractivity contribution in [1.82, 2.24) is 4.90 Å². The molecule has 0 saturated carbocycles. The van der Waals surface area contributed by atoms with Gasteiger partial charge in [0.25, 0.3) is 0 Å². The zero-order valence-electron chi connectivity index (χ0n) is 13.7. The molecule has 3 nitrogen and oxygen atoms in total. The predicted octanol–water partition coefficient (Wildman–Crippen LogP) is 2.64. The van der Waals surface area contributed by atoms with E-state index in [4.69, 9.17) is 5.73 Å². The fourth-order valence-corrected chi connectivity index (χ4v) is 2.90. The number of hydrogen-bond acceptors (Lipinski definition) is 3. The Morgan fingerprint density at radius 1 is 1.33 bits per heavy atom. The molecule has 1 saturated heterocycles. The van der Waals surface area contributed by atoms with E-state index in [2.05, 4.69) is 37.6 Å². The first kappa shape index (κ1) is 16.2. The summed E-state index contributed by atoms with van der Waals surface area (Å²) in [6, 6.07) is 5.21. The normalized spacial score (nSPS) is 20.6. The van der Waals surface area contributed by atoms with E-state index in [9.17, 15) is 4.39 Å². The molecule has 1 heterocycles. The summed E-state index contributed by atoms with van der Waals surface area (Å²) in [7, 11) is 2.16. The van der Waals surface area contributed by atoms with E-state index in [-0.39, 0.29) is 17.4 Å². The maximum Gasteiger partial charge on any atom is 0.123 e. The minimum Gasteiger partial charge on any atom is -0.368 e. The zero-order valence-corrected chi connectivity index (χ0v) is 13.7. The first-order valence-electron chi connectivity index (χ1n) is 7.83. The van der Waals surface area contributed by atoms with Crippen molar-refractivity contribution < 1.29 is 4.39 Å². The van der Waals surface area contributed by atoms with Crippen LogP contribution in [0.25, 0.3) is 0 Å². The van der Waals surface area contributed by atoms with E-state index >= 15 is 0 Å². The van der Waals surface area contributed by atoms with Gasteiger partial charge in [-0.25, -0.2) is 4.39 Å². The van der Waals surface area contributed by atoms with Crippen molar-refractivity contribution in [3.05, 3.63) is 29.6 Å². The number of benzene rings is 1. The van der Waals surface area contributed by atoms with E-state index in [1.807, 2.05) is 6.07 Å². The predicted molar refractivity (Wildman–Crippen MR) is 87.3 cm³/mol. The summed E-state index contributed by atoms with van der Waals surface area (Å²) in [5, 5.41) is 0. The van der Waals surface area contributed by atoms with Crippen LogP contribution in [-0.4, -0.2) is 43.2 Å². The minimum absolute atomic E-state index is 0.0889. The van der Waals surface area contributed by atoms with Crippen LogP contribution in [0.1, 0.15) is 32.8 Å². The quantitative estimate of drug-likeness (QED) is 0.926. The van der Waals surface area contributed by atoms with Crippen molar-refractivity contribution in [2.24, 2.45) is 5.73 Å². The maximum absolute atomic E-state index is 13.6. The summed E-state index contributed by atoms with van der Waals surface area (Å²) >= 11 is 0. The first-order valence-corrected chi connectivity index (χ1v) is 7.83. The second-order valence-corrected chi connectivity index (χ2v) is 6.80. The van der Waals surface area contributed by atoms with Gasteiger partial charge in [0.05, 0.1) is 0 Å². The van der Waals surface area contributed by atoms with Gasteiger partial charge in [0, 0.05) is 36.9 Å². The third-order valence-electron chi connectivity index (χ3n) is 4.71. The number of anilines is 1. The Labute approximate surface area is 127 Å². The third-order valence-corrected chi connectivity index (χ3v) is 4.71. The van der Waals surface area contributed by atoms with Crippen LogP contribution in [0.5, 0.6) is 0 Å². The molecule has 2 N–H and O–H groups in total. The van der Waals surface area contributed by atoms with Crippen LogP contribution < -0.4 is 10.6 Å². The highest BCUT2D eigenvalue weighted by molar-refractivity contribution is 5.55. The lowest BCUT2D eigenvalue weighted by atomic mass is 9.96. The van der Waals surface area contributed by atoms with Crippen LogP contribution in [0.15, 0.2) is 18.2 Å². The Kier molecular flexibility index (Phi) is 4.89. The van der Waals surface area contributed by atoms with Crippen LogP contribution in [0, 0.1) is 5.82 Å². The fourth-order valence-electron chi connectivity index (χ4n) is 2.90. The van der Waals surface area contributed by atoms with Gasteiger partial charge in [-0.2, -0.15) is 0 Å². The minimum atomic E-state index is -0.176. The number of rotatable bonds is 4. The molecule has 1 aliphatic heterocycles. The Morgan fingerprint density at radius 2 is 2.05 bits per heavy atom. The number of hydrogen-bond donors (Lipinski definition) is 1. The van der Waals surface area contributed by atoms with Crippen LogP contribution in [0.4, 0.5) is 10.1 Å². The second-order valence-electron chi connectivity index (χ2n) is 6.80. The fraction of sp³-hybridized carbons (Fsp3) is 0.647. The molecule has 0 bridgehead atoms. The van der Waals surface area contributed by atoms with E-state index in [0.29, 0.717) is 0 Å². The number of piperazine rings is 1. The van der Waals surface area contributed by atoms with E-state index in [1.54, 1.807) is 12.1 Å². The largest absolute Gasteiger partial charge is 0.368 e. The highest BCUT2D eigenvalue weighted by atomic mass is 19.1. The lowest BCUT2D eigenvalue weighted by Crippen LogP contribution is -2.57. The lowest BCUT2D eigenvalue weighted by Gasteiger charge is -2.46. The molecule has 1 fully saturated rings. The van der Waals surface area contributed by atoms with Crippen molar-refractivity contribution >= 4 is 5.69 Å². The standard InChI is InChI=1S/C17H28FN3/c1-5-15(19)11-13-10-14(18)6-7-16(13)21-9-8-20(4)17(2,3)12-21/h6-7,10,15H,5,8-9,11-12,19H2,1-4H3. The molecule has 0 aliphatic carbocycles. The van der Waals surface area contributed by atoms with Crippen molar-refractivity contribution in [2.45, 2.75) is 45.2 Å². The Morgan fingerprint density at radius 3 is 2.67 bits per heavy atom. The summed E-state index contributed by atoms with van der Waals surface area (Å²) in [4.78, 5) is 4.75. The average Bonchev–Trinajstić information content (AvgIpc) is 2.42. The van der Waals surface area contributed by atoms with Crippen LogP contribution in [0.2, 0.25) is 0 Å². The SMILES string of the molecule is CCC(N)Cc1cc(F)ccc1N1CCN(C)C(C)(C)C1. The maximum atomic E-state index is 13.6. The van der Waals surface area contributed by atoms with E-state index in [1.165, 1.54) is 0 Å². The molecule has 0 aromatic heterocycles. The first-order chi connectivity index (χ1) is 9.83. The van der Waals surface area contributed by atoms with Gasteiger partial charge in [-0.15, -0.1) is 0 Å². The monoisotopic (exact) mass is 293 g/mol. The van der Waals surface area contributed by atoms with Gasteiger partial charge in [-0.05, 0) is 57.5 Å². The number of nitrogens with two attached hydrogens (primary N) is 1. The molecule has 4 heteroatoms. The smallest absolute Gasteiger partial charge is 0.123 e. The van der Waals surface area contributed by atoms with Crippen LogP contribution in [0.3, 0.4) is 0 Å². The number of nitrogens with zero attached hydrogens (tertiary/aromatic N) is 2. The number of halogens is 1. The van der Waals surface area contributed by atoms with Crippen molar-refractivity contribution in [3.8, 4) is 0 Å². The van der Waals surface area contributed by atoms with Crippen molar-refractivity contribution in [3.63, 3.8) is 0 Å². The van der Waals surface area contributed by atoms with Crippen LogP contribution in [-0.2, 0) is 6.42 Å². The highest BCUT2D eigenvalue weighted by Gasteiger charge is 2.31. The molecule has 1 aromatic carbocycles. The topological polar surface area (TPSA) is 32.5 Å². The van der Waals surface area contributed by atoms with Crippen LogP contribution >= 0.6 is 0 Å². The molecule has 0 amide bonds. The summed E-state index contributed by atoms with van der Waals surface area (Å²) in [6.07, 6.45) is 1.64.